The lowest BCUT2D eigenvalue weighted by Gasteiger charge is -2.19. The van der Waals surface area contributed by atoms with Crippen molar-refractivity contribution in [3.8, 4) is 0 Å². The van der Waals surface area contributed by atoms with Crippen LogP contribution in [0.25, 0.3) is 0 Å². The molecule has 13 heavy (non-hydrogen) atoms. The molecule has 2 rings (SSSR count). The highest BCUT2D eigenvalue weighted by Gasteiger charge is 2.22. The molecule has 1 aliphatic rings. The van der Waals surface area contributed by atoms with E-state index in [9.17, 15) is 0 Å². The lowest BCUT2D eigenvalue weighted by molar-refractivity contribution is 0.500. The Labute approximate surface area is 78.4 Å². The average molecular weight is 177 g/mol. The average Bonchev–Trinajstić information content (AvgIpc) is 2.71. The third kappa shape index (κ3) is 1.87. The van der Waals surface area contributed by atoms with Crippen molar-refractivity contribution in [2.75, 3.05) is 6.54 Å². The summed E-state index contributed by atoms with van der Waals surface area (Å²) in [5, 5.41) is 3.41. The molecule has 2 unspecified atom stereocenters. The molecule has 0 bridgehead atoms. The largest absolute Gasteiger partial charge is 0.323 e. The van der Waals surface area contributed by atoms with Crippen LogP contribution in [0.1, 0.15) is 24.4 Å². The number of hydrogen-bond donors (Lipinski definition) is 2. The summed E-state index contributed by atoms with van der Waals surface area (Å²) in [5.41, 5.74) is 7.29. The summed E-state index contributed by atoms with van der Waals surface area (Å²) in [4.78, 5) is 3.98. The van der Waals surface area contributed by atoms with Gasteiger partial charge in [0, 0.05) is 24.5 Å². The van der Waals surface area contributed by atoms with Crippen molar-refractivity contribution in [2.45, 2.75) is 24.9 Å². The van der Waals surface area contributed by atoms with Gasteiger partial charge in [0.05, 0.1) is 0 Å². The van der Waals surface area contributed by atoms with Gasteiger partial charge in [-0.05, 0) is 37.1 Å². The summed E-state index contributed by atoms with van der Waals surface area (Å²) in [7, 11) is 0. The molecule has 0 aromatic carbocycles. The Kier molecular flexibility index (Phi) is 2.57. The summed E-state index contributed by atoms with van der Waals surface area (Å²) in [5.74, 6) is 0. The van der Waals surface area contributed by atoms with Gasteiger partial charge in [0.25, 0.3) is 0 Å². The Bertz CT molecular complexity index is 254. The van der Waals surface area contributed by atoms with Crippen LogP contribution in [-0.2, 0) is 0 Å². The normalized spacial score (nSPS) is 24.5. The minimum absolute atomic E-state index is 0.116. The van der Waals surface area contributed by atoms with Crippen LogP contribution in [0.5, 0.6) is 0 Å². The highest BCUT2D eigenvalue weighted by Crippen LogP contribution is 2.19. The molecule has 1 aromatic rings. The molecule has 3 heteroatoms. The Morgan fingerprint density at radius 1 is 1.46 bits per heavy atom. The fraction of sp³-hybridized carbons (Fsp3) is 0.500. The van der Waals surface area contributed by atoms with Gasteiger partial charge in [0.15, 0.2) is 0 Å². The van der Waals surface area contributed by atoms with E-state index in [0.717, 1.165) is 6.54 Å². The van der Waals surface area contributed by atoms with Gasteiger partial charge < -0.3 is 11.1 Å². The van der Waals surface area contributed by atoms with Crippen LogP contribution >= 0.6 is 0 Å². The molecule has 0 aliphatic carbocycles. The standard InChI is InChI=1S/C10H15N3/c11-10(9-2-1-5-13-9)8-3-6-12-7-4-8/h3-4,6-7,9-10,13H,1-2,5,11H2. The lowest BCUT2D eigenvalue weighted by Crippen LogP contribution is -2.34. The van der Waals surface area contributed by atoms with E-state index < -0.39 is 0 Å². The molecule has 0 saturated carbocycles. The second-order valence-corrected chi connectivity index (χ2v) is 3.51. The zero-order valence-corrected chi connectivity index (χ0v) is 7.61. The number of aromatic nitrogens is 1. The zero-order valence-electron chi connectivity index (χ0n) is 7.61. The van der Waals surface area contributed by atoms with Gasteiger partial charge in [-0.1, -0.05) is 0 Å². The van der Waals surface area contributed by atoms with Crippen molar-refractivity contribution in [2.24, 2.45) is 5.73 Å². The van der Waals surface area contributed by atoms with Gasteiger partial charge in [-0.2, -0.15) is 0 Å². The van der Waals surface area contributed by atoms with E-state index >= 15 is 0 Å². The predicted molar refractivity (Wildman–Crippen MR) is 52.2 cm³/mol. The van der Waals surface area contributed by atoms with E-state index in [1.165, 1.54) is 18.4 Å². The monoisotopic (exact) mass is 177 g/mol. The zero-order chi connectivity index (χ0) is 9.10. The van der Waals surface area contributed by atoms with Crippen LogP contribution < -0.4 is 11.1 Å². The molecular weight excluding hydrogens is 162 g/mol. The molecule has 1 fully saturated rings. The van der Waals surface area contributed by atoms with Crippen molar-refractivity contribution in [3.05, 3.63) is 30.1 Å². The van der Waals surface area contributed by atoms with Crippen LogP contribution in [0.2, 0.25) is 0 Å². The molecule has 2 heterocycles. The van der Waals surface area contributed by atoms with Crippen molar-refractivity contribution < 1.29 is 0 Å². The number of nitrogens with zero attached hydrogens (tertiary/aromatic N) is 1. The molecule has 1 aromatic heterocycles. The van der Waals surface area contributed by atoms with Crippen LogP contribution in [-0.4, -0.2) is 17.6 Å². The van der Waals surface area contributed by atoms with Gasteiger partial charge in [0.1, 0.15) is 0 Å². The fourth-order valence-corrected chi connectivity index (χ4v) is 1.84. The summed E-state index contributed by atoms with van der Waals surface area (Å²) in [6.07, 6.45) is 6.02. The molecular formula is C10H15N3. The summed E-state index contributed by atoms with van der Waals surface area (Å²) in [6.45, 7) is 1.10. The lowest BCUT2D eigenvalue weighted by atomic mass is 10.0. The first-order valence-electron chi connectivity index (χ1n) is 4.77. The minimum atomic E-state index is 0.116. The Hall–Kier alpha value is -0.930. The molecule has 3 nitrogen and oxygen atoms in total. The Balaban J connectivity index is 2.08. The predicted octanol–water partition coefficient (Wildman–Crippen LogP) is 0.833. The first-order valence-corrected chi connectivity index (χ1v) is 4.77. The SMILES string of the molecule is NC(c1ccncc1)C1CCCN1. The van der Waals surface area contributed by atoms with Crippen molar-refractivity contribution in [3.63, 3.8) is 0 Å². The maximum absolute atomic E-state index is 6.11. The van der Waals surface area contributed by atoms with Crippen molar-refractivity contribution in [1.82, 2.24) is 10.3 Å². The van der Waals surface area contributed by atoms with Crippen LogP contribution in [0, 0.1) is 0 Å². The fourth-order valence-electron chi connectivity index (χ4n) is 1.84. The maximum atomic E-state index is 6.11. The van der Waals surface area contributed by atoms with E-state index in [0.29, 0.717) is 6.04 Å². The van der Waals surface area contributed by atoms with Crippen LogP contribution in [0.15, 0.2) is 24.5 Å². The van der Waals surface area contributed by atoms with Gasteiger partial charge in [-0.25, -0.2) is 0 Å². The molecule has 2 atom stereocenters. The molecule has 3 N–H and O–H groups in total. The second-order valence-electron chi connectivity index (χ2n) is 3.51. The minimum Gasteiger partial charge on any atom is -0.323 e. The molecule has 0 amide bonds. The van der Waals surface area contributed by atoms with E-state index in [4.69, 9.17) is 5.73 Å². The number of rotatable bonds is 2. The topological polar surface area (TPSA) is 50.9 Å². The van der Waals surface area contributed by atoms with Crippen molar-refractivity contribution >= 4 is 0 Å². The summed E-state index contributed by atoms with van der Waals surface area (Å²) < 4.78 is 0. The number of nitrogens with one attached hydrogen (secondary N) is 1. The van der Waals surface area contributed by atoms with Gasteiger partial charge in [0.2, 0.25) is 0 Å². The molecule has 0 spiro atoms. The molecule has 1 aliphatic heterocycles. The van der Waals surface area contributed by atoms with E-state index in [-0.39, 0.29) is 6.04 Å². The highest BCUT2D eigenvalue weighted by molar-refractivity contribution is 5.17. The summed E-state index contributed by atoms with van der Waals surface area (Å²) in [6, 6.07) is 4.54. The quantitative estimate of drug-likeness (QED) is 0.703. The molecule has 0 radical (unpaired) electrons. The first-order chi connectivity index (χ1) is 6.38. The van der Waals surface area contributed by atoms with Gasteiger partial charge >= 0.3 is 0 Å². The smallest absolute Gasteiger partial charge is 0.0451 e. The van der Waals surface area contributed by atoms with Gasteiger partial charge in [-0.3, -0.25) is 4.98 Å². The van der Waals surface area contributed by atoms with Crippen LogP contribution in [0.4, 0.5) is 0 Å². The highest BCUT2D eigenvalue weighted by atomic mass is 15.0. The molecule has 70 valence electrons. The Morgan fingerprint density at radius 3 is 2.85 bits per heavy atom. The number of pyridine rings is 1. The summed E-state index contributed by atoms with van der Waals surface area (Å²) >= 11 is 0. The van der Waals surface area contributed by atoms with Crippen molar-refractivity contribution in [1.29, 1.82) is 0 Å². The third-order valence-corrected chi connectivity index (χ3v) is 2.62. The van der Waals surface area contributed by atoms with Crippen LogP contribution in [0.3, 0.4) is 0 Å². The van der Waals surface area contributed by atoms with E-state index in [1.54, 1.807) is 12.4 Å². The maximum Gasteiger partial charge on any atom is 0.0451 e. The number of hydrogen-bond acceptors (Lipinski definition) is 3. The Morgan fingerprint density at radius 2 is 2.23 bits per heavy atom. The number of nitrogens with two attached hydrogens (primary N) is 1. The molecule has 1 saturated heterocycles. The second kappa shape index (κ2) is 3.85. The third-order valence-electron chi connectivity index (χ3n) is 2.62. The first kappa shape index (κ1) is 8.66. The van der Waals surface area contributed by atoms with Gasteiger partial charge in [-0.15, -0.1) is 0 Å². The van der Waals surface area contributed by atoms with E-state index in [1.807, 2.05) is 12.1 Å². The van der Waals surface area contributed by atoms with E-state index in [2.05, 4.69) is 10.3 Å².